The molecular weight excluding hydrogens is 304 g/mol. The third-order valence-electron chi connectivity index (χ3n) is 4.14. The number of rotatable bonds is 7. The Balaban J connectivity index is 1.62. The minimum atomic E-state index is -0.339. The van der Waals surface area contributed by atoms with E-state index in [0.29, 0.717) is 6.54 Å². The molecule has 0 spiro atoms. The molecule has 6 heteroatoms. The van der Waals surface area contributed by atoms with Crippen molar-refractivity contribution in [2.24, 2.45) is 0 Å². The van der Waals surface area contributed by atoms with Crippen molar-refractivity contribution in [1.29, 1.82) is 0 Å². The van der Waals surface area contributed by atoms with Gasteiger partial charge in [0, 0.05) is 24.9 Å². The summed E-state index contributed by atoms with van der Waals surface area (Å²) < 4.78 is 1.54. The maximum atomic E-state index is 11.8. The molecule has 0 radical (unpaired) electrons. The smallest absolute Gasteiger partial charge is 0.292 e. The molecule has 1 aromatic carbocycles. The summed E-state index contributed by atoms with van der Waals surface area (Å²) in [5, 5.41) is 20.2. The molecule has 2 aromatic heterocycles. The van der Waals surface area contributed by atoms with Crippen LogP contribution < -0.4 is 5.56 Å². The van der Waals surface area contributed by atoms with Crippen LogP contribution in [0.15, 0.2) is 59.7 Å². The molecule has 3 aromatic rings. The fourth-order valence-electron chi connectivity index (χ4n) is 2.88. The van der Waals surface area contributed by atoms with E-state index in [9.17, 15) is 9.90 Å². The molecule has 6 nitrogen and oxygen atoms in total. The lowest BCUT2D eigenvalue weighted by Gasteiger charge is -2.15. The van der Waals surface area contributed by atoms with E-state index < -0.39 is 0 Å². The second-order valence-corrected chi connectivity index (χ2v) is 5.75. The number of aryl methyl sites for hydroxylation is 1. The molecule has 0 aliphatic heterocycles. The Hall–Kier alpha value is -2.89. The van der Waals surface area contributed by atoms with Crippen molar-refractivity contribution in [3.63, 3.8) is 0 Å². The zero-order valence-corrected chi connectivity index (χ0v) is 13.3. The zero-order chi connectivity index (χ0) is 16.8. The molecule has 0 bridgehead atoms. The van der Waals surface area contributed by atoms with Crippen molar-refractivity contribution < 1.29 is 5.11 Å². The lowest BCUT2D eigenvalue weighted by Crippen LogP contribution is -2.18. The van der Waals surface area contributed by atoms with Crippen LogP contribution in [0.1, 0.15) is 36.4 Å². The van der Waals surface area contributed by atoms with Gasteiger partial charge in [-0.2, -0.15) is 0 Å². The predicted molar refractivity (Wildman–Crippen MR) is 90.9 cm³/mol. The van der Waals surface area contributed by atoms with E-state index in [1.807, 2.05) is 24.4 Å². The molecule has 1 unspecified atom stereocenters. The van der Waals surface area contributed by atoms with Gasteiger partial charge in [-0.05, 0) is 30.5 Å². The Morgan fingerprint density at radius 1 is 1.12 bits per heavy atom. The summed E-state index contributed by atoms with van der Waals surface area (Å²) >= 11 is 0. The van der Waals surface area contributed by atoms with Gasteiger partial charge in [-0.25, -0.2) is 0 Å². The van der Waals surface area contributed by atoms with Crippen molar-refractivity contribution >= 4 is 0 Å². The summed E-state index contributed by atoms with van der Waals surface area (Å²) in [5.41, 5.74) is 1.80. The molecule has 24 heavy (non-hydrogen) atoms. The fraction of sp³-hybridized carbons (Fsp3) is 0.278. The van der Waals surface area contributed by atoms with Crippen molar-refractivity contribution in [2.45, 2.75) is 31.7 Å². The van der Waals surface area contributed by atoms with E-state index in [1.165, 1.54) is 11.6 Å². The van der Waals surface area contributed by atoms with Gasteiger partial charge in [-0.1, -0.05) is 42.0 Å². The number of pyridine rings is 1. The van der Waals surface area contributed by atoms with Gasteiger partial charge >= 0.3 is 0 Å². The number of nitrogens with zero attached hydrogens (tertiary/aromatic N) is 3. The first kappa shape index (κ1) is 16.0. The average molecular weight is 324 g/mol. The third kappa shape index (κ3) is 3.71. The van der Waals surface area contributed by atoms with Crippen molar-refractivity contribution in [1.82, 2.24) is 20.0 Å². The fourth-order valence-corrected chi connectivity index (χ4v) is 2.88. The second kappa shape index (κ2) is 7.59. The van der Waals surface area contributed by atoms with Crippen LogP contribution in [0.4, 0.5) is 0 Å². The predicted octanol–water partition coefficient (Wildman–Crippen LogP) is 2.67. The first-order chi connectivity index (χ1) is 11.8. The highest BCUT2D eigenvalue weighted by atomic mass is 16.3. The van der Waals surface area contributed by atoms with E-state index in [1.54, 1.807) is 16.8 Å². The summed E-state index contributed by atoms with van der Waals surface area (Å²) in [4.78, 5) is 11.8. The number of hydrogen-bond acceptors (Lipinski definition) is 4. The van der Waals surface area contributed by atoms with Gasteiger partial charge in [-0.3, -0.25) is 9.89 Å². The molecule has 0 aliphatic carbocycles. The second-order valence-electron chi connectivity index (χ2n) is 5.75. The Labute approximate surface area is 139 Å². The minimum Gasteiger partial charge on any atom is -0.503 e. The molecule has 124 valence electrons. The van der Waals surface area contributed by atoms with Crippen LogP contribution in [-0.4, -0.2) is 25.1 Å². The van der Waals surface area contributed by atoms with Crippen LogP contribution in [-0.2, 0) is 6.54 Å². The monoisotopic (exact) mass is 324 g/mol. The van der Waals surface area contributed by atoms with Gasteiger partial charge in [-0.15, -0.1) is 5.10 Å². The SMILES string of the molecule is O=c1c(O)cccn1CCCCC(c1ccccc1)c1c[nH]nn1. The summed E-state index contributed by atoms with van der Waals surface area (Å²) in [7, 11) is 0. The summed E-state index contributed by atoms with van der Waals surface area (Å²) in [6.45, 7) is 0.591. The molecule has 1 atom stereocenters. The van der Waals surface area contributed by atoms with Gasteiger partial charge in [0.2, 0.25) is 0 Å². The van der Waals surface area contributed by atoms with Crippen LogP contribution in [0, 0.1) is 0 Å². The summed E-state index contributed by atoms with van der Waals surface area (Å²) in [6.07, 6.45) is 6.24. The molecule has 0 saturated heterocycles. The maximum absolute atomic E-state index is 11.8. The molecule has 0 aliphatic rings. The van der Waals surface area contributed by atoms with Crippen molar-refractivity contribution in [3.05, 3.63) is 76.5 Å². The highest BCUT2D eigenvalue weighted by Gasteiger charge is 2.16. The summed E-state index contributed by atoms with van der Waals surface area (Å²) in [6, 6.07) is 13.3. The lowest BCUT2D eigenvalue weighted by molar-refractivity contribution is 0.452. The number of hydrogen-bond donors (Lipinski definition) is 2. The highest BCUT2D eigenvalue weighted by Crippen LogP contribution is 2.27. The number of benzene rings is 1. The number of aromatic hydroxyl groups is 1. The van der Waals surface area contributed by atoms with E-state index in [2.05, 4.69) is 27.5 Å². The van der Waals surface area contributed by atoms with Crippen molar-refractivity contribution in [3.8, 4) is 5.75 Å². The summed E-state index contributed by atoms with van der Waals surface area (Å²) in [5.74, 6) is -0.0203. The van der Waals surface area contributed by atoms with Crippen LogP contribution >= 0.6 is 0 Å². The Morgan fingerprint density at radius 2 is 1.96 bits per heavy atom. The quantitative estimate of drug-likeness (QED) is 0.655. The normalized spacial score (nSPS) is 12.2. The third-order valence-corrected chi connectivity index (χ3v) is 4.14. The molecule has 0 fully saturated rings. The molecular formula is C18H20N4O2. The first-order valence-electron chi connectivity index (χ1n) is 8.05. The Kier molecular flexibility index (Phi) is 5.05. The Bertz CT molecular complexity index is 813. The standard InChI is InChI=1S/C18H20N4O2/c23-17-10-6-12-22(18(17)24)11-5-4-9-15(16-13-19-21-20-16)14-7-2-1-3-8-14/h1-3,6-8,10,12-13,15,23H,4-5,9,11H2,(H,19,20,21). The number of aromatic nitrogens is 4. The van der Waals surface area contributed by atoms with Gasteiger partial charge in [0.1, 0.15) is 0 Å². The van der Waals surface area contributed by atoms with E-state index >= 15 is 0 Å². The largest absolute Gasteiger partial charge is 0.503 e. The molecule has 0 saturated carbocycles. The van der Waals surface area contributed by atoms with E-state index in [0.717, 1.165) is 25.0 Å². The Morgan fingerprint density at radius 3 is 2.71 bits per heavy atom. The topological polar surface area (TPSA) is 83.8 Å². The van der Waals surface area contributed by atoms with E-state index in [4.69, 9.17) is 0 Å². The van der Waals surface area contributed by atoms with Gasteiger partial charge in [0.15, 0.2) is 5.75 Å². The van der Waals surface area contributed by atoms with Gasteiger partial charge < -0.3 is 9.67 Å². The number of H-pyrrole nitrogens is 1. The number of nitrogens with one attached hydrogen (secondary N) is 1. The van der Waals surface area contributed by atoms with Crippen LogP contribution in [0.3, 0.4) is 0 Å². The molecule has 0 amide bonds. The van der Waals surface area contributed by atoms with Crippen LogP contribution in [0.2, 0.25) is 0 Å². The highest BCUT2D eigenvalue weighted by molar-refractivity contribution is 5.26. The number of unbranched alkanes of at least 4 members (excludes halogenated alkanes) is 1. The van der Waals surface area contributed by atoms with Gasteiger partial charge in [0.25, 0.3) is 5.56 Å². The molecule has 3 rings (SSSR count). The maximum Gasteiger partial charge on any atom is 0.292 e. The molecule has 2 heterocycles. The molecule has 2 N–H and O–H groups in total. The average Bonchev–Trinajstić information content (AvgIpc) is 3.13. The lowest BCUT2D eigenvalue weighted by atomic mass is 9.91. The van der Waals surface area contributed by atoms with Crippen LogP contribution in [0.5, 0.6) is 5.75 Å². The number of aromatic amines is 1. The van der Waals surface area contributed by atoms with E-state index in [-0.39, 0.29) is 17.2 Å². The van der Waals surface area contributed by atoms with Gasteiger partial charge in [0.05, 0.1) is 5.69 Å². The first-order valence-corrected chi connectivity index (χ1v) is 8.05. The minimum absolute atomic E-state index is 0.186. The zero-order valence-electron chi connectivity index (χ0n) is 13.3. The van der Waals surface area contributed by atoms with Crippen molar-refractivity contribution in [2.75, 3.05) is 0 Å². The van der Waals surface area contributed by atoms with Crippen LogP contribution in [0.25, 0.3) is 0 Å².